The Morgan fingerprint density at radius 1 is 1.21 bits per heavy atom. The second kappa shape index (κ2) is 8.15. The van der Waals surface area contributed by atoms with E-state index in [1.54, 1.807) is 6.07 Å². The van der Waals surface area contributed by atoms with Crippen molar-refractivity contribution in [2.24, 2.45) is 0 Å². The number of carbonyl (C=O) groups is 1. The highest BCUT2D eigenvalue weighted by Crippen LogP contribution is 2.34. The Bertz CT molecular complexity index is 1180. The standard InChI is InChI=1S/C18H14ClN3O7/c1-27-14-6-12(13(22(25)26)7-15(14)28-2)18(24)29-9-11-5-17(23)21-8-10(19)3-4-16(21)20-11/h3-8H,9H2,1-2H3. The van der Waals surface area contributed by atoms with E-state index in [0.717, 1.165) is 12.1 Å². The van der Waals surface area contributed by atoms with Crippen molar-refractivity contribution < 1.29 is 23.9 Å². The van der Waals surface area contributed by atoms with Gasteiger partial charge in [0, 0.05) is 18.3 Å². The van der Waals surface area contributed by atoms with E-state index in [0.29, 0.717) is 10.7 Å². The van der Waals surface area contributed by atoms with Crippen molar-refractivity contribution in [3.05, 3.63) is 73.3 Å². The van der Waals surface area contributed by atoms with Gasteiger partial charge in [-0.1, -0.05) is 11.6 Å². The summed E-state index contributed by atoms with van der Waals surface area (Å²) in [6.45, 7) is -0.362. The Morgan fingerprint density at radius 3 is 2.55 bits per heavy atom. The summed E-state index contributed by atoms with van der Waals surface area (Å²) in [6, 6.07) is 6.50. The van der Waals surface area contributed by atoms with E-state index in [4.69, 9.17) is 25.8 Å². The van der Waals surface area contributed by atoms with Crippen molar-refractivity contribution in [3.8, 4) is 11.5 Å². The lowest BCUT2D eigenvalue weighted by atomic mass is 10.1. The van der Waals surface area contributed by atoms with Gasteiger partial charge >= 0.3 is 5.97 Å². The molecule has 3 rings (SSSR count). The van der Waals surface area contributed by atoms with Gasteiger partial charge in [-0.3, -0.25) is 19.3 Å². The largest absolute Gasteiger partial charge is 0.493 e. The predicted octanol–water partition coefficient (Wildman–Crippen LogP) is 2.63. The van der Waals surface area contributed by atoms with Crippen LogP contribution in [0.1, 0.15) is 16.1 Å². The minimum absolute atomic E-state index is 0.0960. The van der Waals surface area contributed by atoms with E-state index in [-0.39, 0.29) is 29.4 Å². The Balaban J connectivity index is 1.89. The van der Waals surface area contributed by atoms with E-state index in [2.05, 4.69) is 4.98 Å². The molecule has 10 nitrogen and oxygen atoms in total. The maximum absolute atomic E-state index is 12.5. The molecule has 3 aromatic rings. The number of carbonyl (C=O) groups excluding carboxylic acids is 1. The van der Waals surface area contributed by atoms with Crippen molar-refractivity contribution >= 4 is 28.9 Å². The first-order chi connectivity index (χ1) is 13.8. The van der Waals surface area contributed by atoms with Crippen LogP contribution >= 0.6 is 11.6 Å². The average Bonchev–Trinajstić information content (AvgIpc) is 2.71. The third kappa shape index (κ3) is 4.11. The normalized spacial score (nSPS) is 10.6. The highest BCUT2D eigenvalue weighted by molar-refractivity contribution is 6.30. The van der Waals surface area contributed by atoms with Gasteiger partial charge in [0.2, 0.25) is 0 Å². The highest BCUT2D eigenvalue weighted by Gasteiger charge is 2.26. The minimum Gasteiger partial charge on any atom is -0.493 e. The topological polar surface area (TPSA) is 122 Å². The summed E-state index contributed by atoms with van der Waals surface area (Å²) >= 11 is 5.86. The van der Waals surface area contributed by atoms with Gasteiger partial charge in [-0.2, -0.15) is 0 Å². The fourth-order valence-electron chi connectivity index (χ4n) is 2.60. The fourth-order valence-corrected chi connectivity index (χ4v) is 2.76. The summed E-state index contributed by atoms with van der Waals surface area (Å²) in [5.74, 6) is -0.751. The molecule has 0 saturated heterocycles. The number of pyridine rings is 1. The van der Waals surface area contributed by atoms with Crippen molar-refractivity contribution in [3.63, 3.8) is 0 Å². The van der Waals surface area contributed by atoms with Crippen LogP contribution in [0.15, 0.2) is 41.3 Å². The summed E-state index contributed by atoms with van der Waals surface area (Å²) < 4.78 is 16.5. The number of hydrogen-bond acceptors (Lipinski definition) is 8. The Hall–Kier alpha value is -3.66. The lowest BCUT2D eigenvalue weighted by Gasteiger charge is -2.10. The molecule has 0 saturated carbocycles. The zero-order chi connectivity index (χ0) is 21.1. The maximum atomic E-state index is 12.5. The summed E-state index contributed by atoms with van der Waals surface area (Å²) in [4.78, 5) is 39.4. The first kappa shape index (κ1) is 20.1. The lowest BCUT2D eigenvalue weighted by Crippen LogP contribution is -2.17. The van der Waals surface area contributed by atoms with Crippen molar-refractivity contribution in [2.45, 2.75) is 6.61 Å². The number of methoxy groups -OCH3 is 2. The number of nitrogens with zero attached hydrogens (tertiary/aromatic N) is 3. The van der Waals surface area contributed by atoms with Gasteiger partial charge in [0.05, 0.1) is 35.9 Å². The van der Waals surface area contributed by atoms with Gasteiger partial charge in [0.1, 0.15) is 17.8 Å². The number of nitro benzene ring substituents is 1. The second-order valence-corrected chi connectivity index (χ2v) is 6.16. The third-order valence-corrected chi connectivity index (χ3v) is 4.17. The molecule has 0 aliphatic heterocycles. The quantitative estimate of drug-likeness (QED) is 0.339. The maximum Gasteiger partial charge on any atom is 0.345 e. The monoisotopic (exact) mass is 419 g/mol. The SMILES string of the molecule is COc1cc(C(=O)OCc2cc(=O)n3cc(Cl)ccc3n2)c([N+](=O)[O-])cc1OC. The number of nitro groups is 1. The number of halogens is 1. The number of rotatable bonds is 6. The Labute approximate surface area is 168 Å². The van der Waals surface area contributed by atoms with Crippen LogP contribution in [0.25, 0.3) is 5.65 Å². The molecule has 11 heteroatoms. The smallest absolute Gasteiger partial charge is 0.345 e. The van der Waals surface area contributed by atoms with Crippen molar-refractivity contribution in [2.75, 3.05) is 14.2 Å². The van der Waals surface area contributed by atoms with Gasteiger partial charge in [-0.25, -0.2) is 9.78 Å². The molecule has 2 heterocycles. The number of ether oxygens (including phenoxy) is 3. The molecule has 29 heavy (non-hydrogen) atoms. The molecule has 0 spiro atoms. The zero-order valence-corrected chi connectivity index (χ0v) is 16.0. The number of fused-ring (bicyclic) bond motifs is 1. The van der Waals surface area contributed by atoms with Crippen LogP contribution in [-0.2, 0) is 11.3 Å². The number of hydrogen-bond donors (Lipinski definition) is 0. The van der Waals surface area contributed by atoms with Crippen LogP contribution in [0.2, 0.25) is 5.02 Å². The van der Waals surface area contributed by atoms with Crippen LogP contribution in [0, 0.1) is 10.1 Å². The summed E-state index contributed by atoms with van der Waals surface area (Å²) in [5.41, 5.74) is -0.759. The highest BCUT2D eigenvalue weighted by atomic mass is 35.5. The van der Waals surface area contributed by atoms with E-state index >= 15 is 0 Å². The zero-order valence-electron chi connectivity index (χ0n) is 15.2. The predicted molar refractivity (Wildman–Crippen MR) is 102 cm³/mol. The van der Waals surface area contributed by atoms with Gasteiger partial charge in [-0.05, 0) is 12.1 Å². The molecule has 0 aliphatic carbocycles. The molecule has 0 unspecified atom stereocenters. The molecule has 150 valence electrons. The van der Waals surface area contributed by atoms with Crippen LogP contribution in [0.5, 0.6) is 11.5 Å². The minimum atomic E-state index is -0.976. The molecule has 0 bridgehead atoms. The lowest BCUT2D eigenvalue weighted by molar-refractivity contribution is -0.385. The van der Waals surface area contributed by atoms with Crippen LogP contribution in [0.3, 0.4) is 0 Å². The molecule has 0 aliphatic rings. The first-order valence-electron chi connectivity index (χ1n) is 8.09. The molecular formula is C18H14ClN3O7. The molecule has 0 N–H and O–H groups in total. The van der Waals surface area contributed by atoms with Crippen LogP contribution in [0.4, 0.5) is 5.69 Å². The molecule has 0 amide bonds. The first-order valence-corrected chi connectivity index (χ1v) is 8.47. The van der Waals surface area contributed by atoms with Crippen molar-refractivity contribution in [1.29, 1.82) is 0 Å². The van der Waals surface area contributed by atoms with E-state index in [9.17, 15) is 19.7 Å². The van der Waals surface area contributed by atoms with E-state index in [1.807, 2.05) is 0 Å². The van der Waals surface area contributed by atoms with Gasteiger partial charge in [-0.15, -0.1) is 0 Å². The van der Waals surface area contributed by atoms with E-state index in [1.165, 1.54) is 36.9 Å². The summed E-state index contributed by atoms with van der Waals surface area (Å²) in [6.07, 6.45) is 1.41. The summed E-state index contributed by atoms with van der Waals surface area (Å²) in [7, 11) is 2.65. The van der Waals surface area contributed by atoms with Gasteiger partial charge < -0.3 is 14.2 Å². The van der Waals surface area contributed by atoms with Crippen LogP contribution < -0.4 is 15.0 Å². The van der Waals surface area contributed by atoms with Crippen LogP contribution in [-0.4, -0.2) is 34.5 Å². The molecular weight excluding hydrogens is 406 g/mol. The third-order valence-electron chi connectivity index (χ3n) is 3.95. The Kier molecular flexibility index (Phi) is 5.64. The second-order valence-electron chi connectivity index (χ2n) is 5.72. The summed E-state index contributed by atoms with van der Waals surface area (Å²) in [5, 5.41) is 11.7. The average molecular weight is 420 g/mol. The fraction of sp³-hybridized carbons (Fsp3) is 0.167. The number of aromatic nitrogens is 2. The Morgan fingerprint density at radius 2 is 1.90 bits per heavy atom. The van der Waals surface area contributed by atoms with Gasteiger partial charge in [0.15, 0.2) is 11.5 Å². The molecule has 0 fully saturated rings. The molecule has 0 radical (unpaired) electrons. The molecule has 0 atom stereocenters. The van der Waals surface area contributed by atoms with Gasteiger partial charge in [0.25, 0.3) is 11.2 Å². The number of benzene rings is 1. The van der Waals surface area contributed by atoms with E-state index < -0.39 is 22.1 Å². The van der Waals surface area contributed by atoms with Crippen molar-refractivity contribution in [1.82, 2.24) is 9.38 Å². The number of esters is 1. The molecule has 2 aromatic heterocycles. The molecule has 1 aromatic carbocycles.